The van der Waals surface area contributed by atoms with Gasteiger partial charge in [-0.15, -0.1) is 0 Å². The van der Waals surface area contributed by atoms with Crippen molar-refractivity contribution in [3.05, 3.63) is 72.3 Å². The summed E-state index contributed by atoms with van der Waals surface area (Å²) in [6.07, 6.45) is 2.25. The van der Waals surface area contributed by atoms with E-state index < -0.39 is 0 Å². The van der Waals surface area contributed by atoms with Gasteiger partial charge in [0.2, 0.25) is 5.95 Å². The maximum absolute atomic E-state index is 4.67. The van der Waals surface area contributed by atoms with Crippen molar-refractivity contribution in [2.45, 2.75) is 26.3 Å². The van der Waals surface area contributed by atoms with Gasteiger partial charge in [0.15, 0.2) is 0 Å². The number of rotatable bonds is 8. The molecule has 0 saturated heterocycles. The van der Waals surface area contributed by atoms with Crippen LogP contribution in [0.3, 0.4) is 0 Å². The van der Waals surface area contributed by atoms with Gasteiger partial charge in [0.05, 0.1) is 5.69 Å². The van der Waals surface area contributed by atoms with Gasteiger partial charge >= 0.3 is 0 Å². The van der Waals surface area contributed by atoms with E-state index in [4.69, 9.17) is 0 Å². The van der Waals surface area contributed by atoms with E-state index in [-0.39, 0.29) is 0 Å². The first-order chi connectivity index (χ1) is 12.3. The number of nitrogens with one attached hydrogen (secondary N) is 2. The molecule has 2 aromatic carbocycles. The number of hydrogen-bond acceptors (Lipinski definition) is 4. The molecule has 128 valence electrons. The van der Waals surface area contributed by atoms with Gasteiger partial charge < -0.3 is 10.6 Å². The summed E-state index contributed by atoms with van der Waals surface area (Å²) in [5.74, 6) is 1.50. The molecule has 4 nitrogen and oxygen atoms in total. The van der Waals surface area contributed by atoms with Crippen LogP contribution in [0.1, 0.15) is 25.3 Å². The van der Waals surface area contributed by atoms with Gasteiger partial charge in [0.1, 0.15) is 5.82 Å². The summed E-state index contributed by atoms with van der Waals surface area (Å²) >= 11 is 0. The zero-order valence-corrected chi connectivity index (χ0v) is 14.6. The third-order valence-electron chi connectivity index (χ3n) is 3.93. The predicted octanol–water partition coefficient (Wildman–Crippen LogP) is 4.97. The lowest BCUT2D eigenvalue weighted by Crippen LogP contribution is -2.09. The summed E-state index contributed by atoms with van der Waals surface area (Å²) < 4.78 is 0. The Balaban J connectivity index is 1.81. The van der Waals surface area contributed by atoms with Crippen molar-refractivity contribution in [2.75, 3.05) is 17.2 Å². The van der Waals surface area contributed by atoms with Crippen molar-refractivity contribution in [3.8, 4) is 11.3 Å². The van der Waals surface area contributed by atoms with Gasteiger partial charge in [-0.3, -0.25) is 0 Å². The molecule has 0 spiro atoms. The van der Waals surface area contributed by atoms with Crippen LogP contribution >= 0.6 is 0 Å². The number of aromatic nitrogens is 2. The summed E-state index contributed by atoms with van der Waals surface area (Å²) in [5.41, 5.74) is 3.24. The molecular weight excluding hydrogens is 308 g/mol. The van der Waals surface area contributed by atoms with Gasteiger partial charge in [-0.2, -0.15) is 4.98 Å². The monoisotopic (exact) mass is 332 g/mol. The smallest absolute Gasteiger partial charge is 0.225 e. The maximum Gasteiger partial charge on any atom is 0.225 e. The first-order valence-corrected chi connectivity index (χ1v) is 8.81. The van der Waals surface area contributed by atoms with Crippen LogP contribution in [0.25, 0.3) is 11.3 Å². The summed E-state index contributed by atoms with van der Waals surface area (Å²) in [5, 5.41) is 6.74. The lowest BCUT2D eigenvalue weighted by molar-refractivity contribution is 0.826. The van der Waals surface area contributed by atoms with Crippen LogP contribution in [-0.2, 0) is 6.54 Å². The first-order valence-electron chi connectivity index (χ1n) is 8.81. The van der Waals surface area contributed by atoms with Gasteiger partial charge in [0, 0.05) is 24.7 Å². The second-order valence-corrected chi connectivity index (χ2v) is 5.95. The Kier molecular flexibility index (Phi) is 5.99. The third-order valence-corrected chi connectivity index (χ3v) is 3.93. The molecule has 0 atom stereocenters. The lowest BCUT2D eigenvalue weighted by atomic mass is 10.1. The molecule has 0 aliphatic rings. The Morgan fingerprint density at radius 2 is 1.56 bits per heavy atom. The van der Waals surface area contributed by atoms with Crippen LogP contribution in [0.5, 0.6) is 0 Å². The molecule has 25 heavy (non-hydrogen) atoms. The number of benzene rings is 2. The number of hydrogen-bond donors (Lipinski definition) is 2. The van der Waals surface area contributed by atoms with Gasteiger partial charge in [-0.1, -0.05) is 74.0 Å². The molecule has 1 heterocycles. The molecule has 0 aliphatic heterocycles. The molecule has 0 aliphatic carbocycles. The molecule has 1 aromatic heterocycles. The summed E-state index contributed by atoms with van der Waals surface area (Å²) in [7, 11) is 0. The van der Waals surface area contributed by atoms with Crippen LogP contribution in [0.15, 0.2) is 66.7 Å². The number of anilines is 2. The standard InChI is InChI=1S/C21H24N4/c1-2-3-14-22-21-24-19(18-12-8-5-9-13-18)15-20(25-21)23-16-17-10-6-4-7-11-17/h4-13,15H,2-3,14,16H2,1H3,(H2,22,23,24,25). The highest BCUT2D eigenvalue weighted by molar-refractivity contribution is 5.64. The molecule has 0 bridgehead atoms. The van der Waals surface area contributed by atoms with Gasteiger partial charge in [-0.05, 0) is 12.0 Å². The van der Waals surface area contributed by atoms with Crippen LogP contribution < -0.4 is 10.6 Å². The van der Waals surface area contributed by atoms with Crippen LogP contribution in [-0.4, -0.2) is 16.5 Å². The van der Waals surface area contributed by atoms with Crippen molar-refractivity contribution in [1.29, 1.82) is 0 Å². The van der Waals surface area contributed by atoms with E-state index in [9.17, 15) is 0 Å². The largest absolute Gasteiger partial charge is 0.366 e. The molecular formula is C21H24N4. The molecule has 4 heteroatoms. The highest BCUT2D eigenvalue weighted by Gasteiger charge is 2.06. The van der Waals surface area contributed by atoms with Crippen LogP contribution in [0.2, 0.25) is 0 Å². The third kappa shape index (κ3) is 5.05. The average molecular weight is 332 g/mol. The number of unbranched alkanes of at least 4 members (excludes halogenated alkanes) is 1. The Labute approximate surface area is 149 Å². The molecule has 0 amide bonds. The Morgan fingerprint density at radius 3 is 2.28 bits per heavy atom. The molecule has 0 unspecified atom stereocenters. The Bertz CT molecular complexity index is 772. The van der Waals surface area contributed by atoms with E-state index in [1.54, 1.807) is 0 Å². The molecule has 3 rings (SSSR count). The van der Waals surface area contributed by atoms with Gasteiger partial charge in [-0.25, -0.2) is 4.98 Å². The molecule has 0 fully saturated rings. The quantitative estimate of drug-likeness (QED) is 0.572. The zero-order valence-electron chi connectivity index (χ0n) is 14.6. The average Bonchev–Trinajstić information content (AvgIpc) is 2.68. The van der Waals surface area contributed by atoms with Crippen molar-refractivity contribution in [1.82, 2.24) is 9.97 Å². The minimum Gasteiger partial charge on any atom is -0.366 e. The molecule has 2 N–H and O–H groups in total. The van der Waals surface area contributed by atoms with Gasteiger partial charge in [0.25, 0.3) is 0 Å². The van der Waals surface area contributed by atoms with E-state index >= 15 is 0 Å². The zero-order chi connectivity index (χ0) is 17.3. The minimum absolute atomic E-state index is 0.672. The Hall–Kier alpha value is -2.88. The number of nitrogens with zero attached hydrogens (tertiary/aromatic N) is 2. The lowest BCUT2D eigenvalue weighted by Gasteiger charge is -2.11. The van der Waals surface area contributed by atoms with Crippen molar-refractivity contribution in [2.24, 2.45) is 0 Å². The molecule has 3 aromatic rings. The fraction of sp³-hybridized carbons (Fsp3) is 0.238. The highest BCUT2D eigenvalue weighted by atomic mass is 15.1. The van der Waals surface area contributed by atoms with Crippen molar-refractivity contribution in [3.63, 3.8) is 0 Å². The van der Waals surface area contributed by atoms with Crippen molar-refractivity contribution < 1.29 is 0 Å². The molecule has 0 saturated carbocycles. The maximum atomic E-state index is 4.67. The van der Waals surface area contributed by atoms with E-state index in [0.29, 0.717) is 5.95 Å². The highest BCUT2D eigenvalue weighted by Crippen LogP contribution is 2.21. The second kappa shape index (κ2) is 8.83. The van der Waals surface area contributed by atoms with E-state index in [1.807, 2.05) is 42.5 Å². The van der Waals surface area contributed by atoms with E-state index in [2.05, 4.69) is 51.8 Å². The topological polar surface area (TPSA) is 49.8 Å². The normalized spacial score (nSPS) is 10.4. The fourth-order valence-electron chi connectivity index (χ4n) is 2.54. The first kappa shape index (κ1) is 17.0. The predicted molar refractivity (Wildman–Crippen MR) is 105 cm³/mol. The summed E-state index contributed by atoms with van der Waals surface area (Å²) in [6.45, 7) is 3.79. The Morgan fingerprint density at radius 1 is 0.840 bits per heavy atom. The summed E-state index contributed by atoms with van der Waals surface area (Å²) in [4.78, 5) is 9.28. The minimum atomic E-state index is 0.672. The molecule has 0 radical (unpaired) electrons. The van der Waals surface area contributed by atoms with E-state index in [1.165, 1.54) is 5.56 Å². The summed E-state index contributed by atoms with van der Waals surface area (Å²) in [6, 6.07) is 22.5. The SMILES string of the molecule is CCCCNc1nc(NCc2ccccc2)cc(-c2ccccc2)n1. The second-order valence-electron chi connectivity index (χ2n) is 5.95. The van der Waals surface area contributed by atoms with Crippen LogP contribution in [0, 0.1) is 0 Å². The van der Waals surface area contributed by atoms with E-state index in [0.717, 1.165) is 43.0 Å². The van der Waals surface area contributed by atoms with Crippen molar-refractivity contribution >= 4 is 11.8 Å². The fourth-order valence-corrected chi connectivity index (χ4v) is 2.54. The van der Waals surface area contributed by atoms with Crippen LogP contribution in [0.4, 0.5) is 11.8 Å².